The van der Waals surface area contributed by atoms with Gasteiger partial charge in [-0.1, -0.05) is 71.9 Å². The van der Waals surface area contributed by atoms with Gasteiger partial charge in [-0.2, -0.15) is 0 Å². The van der Waals surface area contributed by atoms with Gasteiger partial charge in [0.1, 0.15) is 23.7 Å². The Labute approximate surface area is 368 Å². The van der Waals surface area contributed by atoms with Crippen LogP contribution in [0.2, 0.25) is 0 Å². The molecule has 0 aliphatic carbocycles. The highest BCUT2D eigenvalue weighted by atomic mass is 32.1. The van der Waals surface area contributed by atoms with Crippen molar-refractivity contribution in [2.75, 3.05) is 27.3 Å². The molecule has 0 saturated carbocycles. The highest BCUT2D eigenvalue weighted by Crippen LogP contribution is 2.43. The normalized spacial score (nSPS) is 20.0. The Morgan fingerprint density at radius 1 is 0.710 bits per heavy atom. The Hall–Kier alpha value is -5.74. The summed E-state index contributed by atoms with van der Waals surface area (Å²) < 4.78 is 12.1. The Morgan fingerprint density at radius 3 is 1.81 bits per heavy atom. The van der Waals surface area contributed by atoms with E-state index in [0.29, 0.717) is 18.9 Å². The molecule has 1 unspecified atom stereocenters. The number of amides is 4. The SMILES string of the molecule is COC(=O)N[C@H](C(=O)N1C[C@@H](C)CC1c1nc(-c2ccc(-c3ccc4nc([C@@H]5C[C@H](C)CN5C(=O)[C@@H](NC(=O)OC)C(C)C)[nH]c4c3)cc2)c(-c2cc3sccc3s2)[nH]1)C(C)C. The monoisotopic (exact) mass is 878 g/mol. The molecule has 2 aliphatic heterocycles. The highest BCUT2D eigenvalue weighted by molar-refractivity contribution is 7.28. The predicted octanol–water partition coefficient (Wildman–Crippen LogP) is 9.14. The van der Waals surface area contributed by atoms with Gasteiger partial charge in [-0.05, 0) is 77.3 Å². The maximum atomic E-state index is 14.1. The molecule has 2 aliphatic rings. The number of benzene rings is 2. The van der Waals surface area contributed by atoms with Crippen molar-refractivity contribution in [2.45, 2.75) is 78.6 Å². The lowest BCUT2D eigenvalue weighted by Crippen LogP contribution is -2.51. The van der Waals surface area contributed by atoms with E-state index >= 15 is 0 Å². The number of carbonyl (C=O) groups is 4. The Kier molecular flexibility index (Phi) is 12.2. The van der Waals surface area contributed by atoms with Gasteiger partial charge in [-0.3, -0.25) is 9.59 Å². The lowest BCUT2D eigenvalue weighted by molar-refractivity contribution is -0.136. The second kappa shape index (κ2) is 17.6. The first-order valence-electron chi connectivity index (χ1n) is 21.2. The van der Waals surface area contributed by atoms with Crippen molar-refractivity contribution in [1.29, 1.82) is 0 Å². The topological polar surface area (TPSA) is 175 Å². The van der Waals surface area contributed by atoms with Gasteiger partial charge in [0.2, 0.25) is 11.8 Å². The first kappa shape index (κ1) is 42.9. The third-order valence-corrected chi connectivity index (χ3v) is 14.2. The van der Waals surface area contributed by atoms with E-state index in [4.69, 9.17) is 19.4 Å². The second-order valence-electron chi connectivity index (χ2n) is 17.4. The number of nitrogens with zero attached hydrogens (tertiary/aromatic N) is 4. The Balaban J connectivity index is 1.09. The van der Waals surface area contributed by atoms with Crippen LogP contribution >= 0.6 is 22.7 Å². The van der Waals surface area contributed by atoms with Crippen molar-refractivity contribution in [2.24, 2.45) is 23.7 Å². The molecule has 0 bridgehead atoms. The molecule has 6 aromatic rings. The van der Waals surface area contributed by atoms with Crippen molar-refractivity contribution >= 4 is 67.1 Å². The number of ether oxygens (including phenoxy) is 2. The molecule has 0 radical (unpaired) electrons. The van der Waals surface area contributed by atoms with E-state index in [0.717, 1.165) is 62.7 Å². The number of hydrogen-bond acceptors (Lipinski definition) is 10. The fraction of sp³-hybridized carbons (Fsp3) is 0.435. The fourth-order valence-corrected chi connectivity index (χ4v) is 11.0. The van der Waals surface area contributed by atoms with Crippen LogP contribution in [-0.4, -0.2) is 93.1 Å². The zero-order chi connectivity index (χ0) is 44.0. The number of aromatic amines is 2. The number of nitrogens with one attached hydrogen (secondary N) is 4. The Bertz CT molecular complexity index is 2580. The average Bonchev–Trinajstić information content (AvgIpc) is 4.11. The van der Waals surface area contributed by atoms with Gasteiger partial charge in [0.25, 0.3) is 0 Å². The first-order chi connectivity index (χ1) is 29.7. The summed E-state index contributed by atoms with van der Waals surface area (Å²) in [6, 6.07) is 16.8. The van der Waals surface area contributed by atoms with Crippen LogP contribution < -0.4 is 10.6 Å². The number of fused-ring (bicyclic) bond motifs is 2. The first-order valence-corrected chi connectivity index (χ1v) is 22.9. The van der Waals surface area contributed by atoms with Gasteiger partial charge in [0, 0.05) is 28.1 Å². The quantitative estimate of drug-likeness (QED) is 0.0997. The summed E-state index contributed by atoms with van der Waals surface area (Å²) in [6.07, 6.45) is 0.220. The number of methoxy groups -OCH3 is 2. The lowest BCUT2D eigenvalue weighted by atomic mass is 10.0. The van der Waals surface area contributed by atoms with E-state index in [1.807, 2.05) is 43.6 Å². The molecule has 8 rings (SSSR count). The molecule has 2 aromatic carbocycles. The molecule has 0 spiro atoms. The van der Waals surface area contributed by atoms with Crippen LogP contribution in [0.1, 0.15) is 78.1 Å². The number of alkyl carbamates (subject to hydrolysis) is 2. The number of aromatic nitrogens is 4. The van der Waals surface area contributed by atoms with Crippen LogP contribution in [0.4, 0.5) is 9.59 Å². The fourth-order valence-electron chi connectivity index (χ4n) is 8.87. The van der Waals surface area contributed by atoms with Gasteiger partial charge in [-0.25, -0.2) is 19.6 Å². The molecule has 4 aromatic heterocycles. The summed E-state index contributed by atoms with van der Waals surface area (Å²) in [6.45, 7) is 13.0. The molecule has 4 N–H and O–H groups in total. The number of likely N-dealkylation sites (tertiary alicyclic amines) is 2. The molecular formula is C46H54N8O6S2. The predicted molar refractivity (Wildman–Crippen MR) is 243 cm³/mol. The van der Waals surface area contributed by atoms with Crippen molar-refractivity contribution < 1.29 is 28.7 Å². The van der Waals surface area contributed by atoms with Crippen LogP contribution in [0.25, 0.3) is 53.4 Å². The molecule has 62 heavy (non-hydrogen) atoms. The average molecular weight is 879 g/mol. The highest BCUT2D eigenvalue weighted by Gasteiger charge is 2.42. The minimum absolute atomic E-state index is 0.129. The van der Waals surface area contributed by atoms with E-state index in [1.165, 1.54) is 23.6 Å². The van der Waals surface area contributed by atoms with Gasteiger partial charge < -0.3 is 39.9 Å². The maximum absolute atomic E-state index is 14.1. The van der Waals surface area contributed by atoms with Crippen LogP contribution in [-0.2, 0) is 19.1 Å². The molecule has 6 heterocycles. The number of rotatable bonds is 11. The molecule has 326 valence electrons. The Morgan fingerprint density at radius 2 is 1.26 bits per heavy atom. The van der Waals surface area contributed by atoms with E-state index in [2.05, 4.69) is 88.4 Å². The lowest BCUT2D eigenvalue weighted by Gasteiger charge is -2.30. The van der Waals surface area contributed by atoms with Crippen molar-refractivity contribution in [3.05, 3.63) is 71.6 Å². The van der Waals surface area contributed by atoms with Crippen molar-refractivity contribution in [1.82, 2.24) is 40.4 Å². The summed E-state index contributed by atoms with van der Waals surface area (Å²) in [4.78, 5) is 74.6. The van der Waals surface area contributed by atoms with Crippen LogP contribution in [0, 0.1) is 23.7 Å². The number of H-pyrrole nitrogens is 2. The smallest absolute Gasteiger partial charge is 0.407 e. The third-order valence-electron chi connectivity index (χ3n) is 12.1. The minimum Gasteiger partial charge on any atom is -0.453 e. The standard InChI is InChI=1S/C46H54N8O6S2/c1-23(2)37(51-45(57)59-7)43(55)53-21-25(5)17-32(53)41-47-30-14-13-29(19-31(30)48-41)27-9-11-28(12-10-27)39-40(36-20-35-34(62-36)15-16-61-35)50-42(49-39)33-18-26(6)22-54(33)44(56)38(24(3)4)52-46(58)60-8/h9-16,19-20,23-26,32-33,37-38H,17-18,21-22H2,1-8H3,(H,47,48)(H,49,50)(H,51,57)(H,52,58)/t25-,26-,32-,33?,37-,38-/m0/s1. The van der Waals surface area contributed by atoms with Crippen LogP contribution in [0.3, 0.4) is 0 Å². The summed E-state index contributed by atoms with van der Waals surface area (Å²) in [5.41, 5.74) is 6.34. The van der Waals surface area contributed by atoms with Crippen molar-refractivity contribution in [3.8, 4) is 33.0 Å². The van der Waals surface area contributed by atoms with E-state index in [1.54, 1.807) is 22.7 Å². The zero-order valence-electron chi connectivity index (χ0n) is 36.3. The minimum atomic E-state index is -0.738. The van der Waals surface area contributed by atoms with Crippen molar-refractivity contribution in [3.63, 3.8) is 0 Å². The summed E-state index contributed by atoms with van der Waals surface area (Å²) in [5.74, 6) is 1.35. The van der Waals surface area contributed by atoms with E-state index < -0.39 is 24.3 Å². The summed E-state index contributed by atoms with van der Waals surface area (Å²) >= 11 is 3.42. The molecule has 16 heteroatoms. The number of thiophene rings is 2. The number of carbonyl (C=O) groups excluding carboxylic acids is 4. The molecule has 14 nitrogen and oxygen atoms in total. The van der Waals surface area contributed by atoms with E-state index in [9.17, 15) is 19.2 Å². The van der Waals surface area contributed by atoms with Gasteiger partial charge in [0.05, 0.1) is 53.6 Å². The molecule has 6 atom stereocenters. The van der Waals surface area contributed by atoms with Gasteiger partial charge >= 0.3 is 12.2 Å². The summed E-state index contributed by atoms with van der Waals surface area (Å²) in [7, 11) is 2.59. The maximum Gasteiger partial charge on any atom is 0.407 e. The largest absolute Gasteiger partial charge is 0.453 e. The van der Waals surface area contributed by atoms with Crippen LogP contribution in [0.15, 0.2) is 60.0 Å². The molecule has 2 fully saturated rings. The molecule has 4 amide bonds. The number of imidazole rings is 2. The molecule has 2 saturated heterocycles. The zero-order valence-corrected chi connectivity index (χ0v) is 37.9. The third kappa shape index (κ3) is 8.41. The summed E-state index contributed by atoms with van der Waals surface area (Å²) in [5, 5.41) is 7.59. The number of hydrogen-bond donors (Lipinski definition) is 4. The van der Waals surface area contributed by atoms with Gasteiger partial charge in [-0.15, -0.1) is 22.7 Å². The molecular weight excluding hydrogens is 825 g/mol. The second-order valence-corrected chi connectivity index (χ2v) is 19.5. The van der Waals surface area contributed by atoms with E-state index in [-0.39, 0.29) is 47.6 Å². The van der Waals surface area contributed by atoms with Gasteiger partial charge in [0.15, 0.2) is 0 Å². The van der Waals surface area contributed by atoms with Crippen LogP contribution in [0.5, 0.6) is 0 Å².